The van der Waals surface area contributed by atoms with Crippen LogP contribution in [0.1, 0.15) is 106 Å². The van der Waals surface area contributed by atoms with Crippen molar-refractivity contribution < 1.29 is 38.2 Å². The second-order valence-corrected chi connectivity index (χ2v) is 16.7. The Kier molecular flexibility index (Phi) is 11.4. The van der Waals surface area contributed by atoms with Gasteiger partial charge >= 0.3 is 12.2 Å². The van der Waals surface area contributed by atoms with Crippen molar-refractivity contribution >= 4 is 35.7 Å². The van der Waals surface area contributed by atoms with Crippen LogP contribution in [0.15, 0.2) is 0 Å². The fourth-order valence-corrected chi connectivity index (χ4v) is 7.77. The first-order valence-corrected chi connectivity index (χ1v) is 17.7. The second-order valence-electron chi connectivity index (χ2n) is 16.7. The molecule has 4 fully saturated rings. The van der Waals surface area contributed by atoms with Crippen molar-refractivity contribution in [2.75, 3.05) is 19.8 Å². The number of amides is 5. The van der Waals surface area contributed by atoms with Crippen molar-refractivity contribution in [3.8, 4) is 0 Å². The highest BCUT2D eigenvalue weighted by atomic mass is 16.7. The maximum Gasteiger partial charge on any atom is 0.508 e. The number of ether oxygens (including phenoxy) is 2. The molecule has 4 rings (SSSR count). The van der Waals surface area contributed by atoms with Gasteiger partial charge in [-0.25, -0.2) is 9.59 Å². The van der Waals surface area contributed by atoms with Crippen molar-refractivity contribution in [1.29, 1.82) is 0 Å². The number of ketones is 1. The average molecular weight is 676 g/mol. The van der Waals surface area contributed by atoms with Gasteiger partial charge in [-0.1, -0.05) is 87.0 Å². The van der Waals surface area contributed by atoms with Crippen molar-refractivity contribution in [2.24, 2.45) is 40.2 Å². The molecule has 0 aromatic heterocycles. The number of urea groups is 1. The molecule has 3 saturated carbocycles. The topological polar surface area (TPSA) is 186 Å². The predicted octanol–water partition coefficient (Wildman–Crippen LogP) is 3.42. The Balaban J connectivity index is 1.49. The zero-order valence-corrected chi connectivity index (χ0v) is 29.8. The SMILES string of the molecule is CC(C)COC(=O)OCC1(NC(=O)N[C@H](C(=O)N2C[C@H]3[C@@H]([C@H]2C(=O)NC(CC2CCC2)C(=O)C(N)=O)C3(C)C)C(C)(C)C)CCCCC1. The van der Waals surface area contributed by atoms with Crippen LogP contribution in [0.3, 0.4) is 0 Å². The molecule has 48 heavy (non-hydrogen) atoms. The molecule has 5 atom stereocenters. The number of carbonyl (C=O) groups is 6. The molecule has 3 aliphatic carbocycles. The van der Waals surface area contributed by atoms with E-state index < -0.39 is 64.8 Å². The van der Waals surface area contributed by atoms with Crippen LogP contribution >= 0.6 is 0 Å². The van der Waals surface area contributed by atoms with E-state index in [1.54, 1.807) is 0 Å². The summed E-state index contributed by atoms with van der Waals surface area (Å²) in [7, 11) is 0. The van der Waals surface area contributed by atoms with E-state index in [-0.39, 0.29) is 42.3 Å². The Labute approximate surface area is 284 Å². The number of hydrogen-bond acceptors (Lipinski definition) is 8. The van der Waals surface area contributed by atoms with E-state index in [1.807, 2.05) is 34.6 Å². The molecule has 5 N–H and O–H groups in total. The molecule has 0 aromatic carbocycles. The van der Waals surface area contributed by atoms with Gasteiger partial charge in [-0.3, -0.25) is 19.2 Å². The number of nitrogens with zero attached hydrogens (tertiary/aromatic N) is 1. The summed E-state index contributed by atoms with van der Waals surface area (Å²) in [6, 6.07) is -3.48. The highest BCUT2D eigenvalue weighted by Gasteiger charge is 2.70. The third-order valence-electron chi connectivity index (χ3n) is 11.0. The molecule has 13 heteroatoms. The van der Waals surface area contributed by atoms with Crippen LogP contribution in [-0.2, 0) is 28.7 Å². The lowest BCUT2D eigenvalue weighted by atomic mass is 9.80. The number of hydrogen-bond donors (Lipinski definition) is 4. The Hall–Kier alpha value is -3.38. The van der Waals surface area contributed by atoms with Gasteiger partial charge in [0, 0.05) is 6.54 Å². The number of fused-ring (bicyclic) bond motifs is 1. The van der Waals surface area contributed by atoms with Crippen LogP contribution in [-0.4, -0.2) is 84.0 Å². The van der Waals surface area contributed by atoms with E-state index in [1.165, 1.54) is 4.90 Å². The van der Waals surface area contributed by atoms with Gasteiger partial charge in [-0.2, -0.15) is 0 Å². The second kappa shape index (κ2) is 14.6. The third-order valence-corrected chi connectivity index (χ3v) is 11.0. The average Bonchev–Trinajstić information content (AvgIpc) is 3.29. The number of nitrogens with one attached hydrogen (secondary N) is 3. The lowest BCUT2D eigenvalue weighted by Gasteiger charge is -2.40. The third kappa shape index (κ3) is 8.61. The van der Waals surface area contributed by atoms with Gasteiger partial charge in [0.2, 0.25) is 17.6 Å². The maximum absolute atomic E-state index is 14.4. The Morgan fingerprint density at radius 1 is 0.938 bits per heavy atom. The molecule has 270 valence electrons. The van der Waals surface area contributed by atoms with E-state index >= 15 is 0 Å². The largest absolute Gasteiger partial charge is 0.508 e. The number of piperidine rings is 1. The maximum atomic E-state index is 14.4. The van der Waals surface area contributed by atoms with E-state index in [0.29, 0.717) is 25.8 Å². The summed E-state index contributed by atoms with van der Waals surface area (Å²) in [5.74, 6) is -2.51. The van der Waals surface area contributed by atoms with Crippen molar-refractivity contribution in [2.45, 2.75) is 130 Å². The minimum absolute atomic E-state index is 0.0513. The number of carbonyl (C=O) groups excluding carboxylic acids is 6. The van der Waals surface area contributed by atoms with E-state index in [4.69, 9.17) is 15.2 Å². The first-order valence-electron chi connectivity index (χ1n) is 17.7. The van der Waals surface area contributed by atoms with Crippen LogP contribution in [0.25, 0.3) is 0 Å². The summed E-state index contributed by atoms with van der Waals surface area (Å²) in [6.07, 6.45) is 6.30. The van der Waals surface area contributed by atoms with Gasteiger partial charge in [-0.05, 0) is 53.8 Å². The lowest BCUT2D eigenvalue weighted by Crippen LogP contribution is -2.63. The molecule has 4 aliphatic rings. The number of Topliss-reactive ketones (excluding diaryl/α,β-unsaturated/α-hetero) is 1. The van der Waals surface area contributed by atoms with Crippen LogP contribution in [0.5, 0.6) is 0 Å². The lowest BCUT2D eigenvalue weighted by molar-refractivity contribution is -0.145. The summed E-state index contributed by atoms with van der Waals surface area (Å²) < 4.78 is 10.6. The minimum Gasteiger partial charge on any atom is -0.434 e. The molecular weight excluding hydrogens is 618 g/mol. The van der Waals surface area contributed by atoms with Gasteiger partial charge in [-0.15, -0.1) is 0 Å². The molecule has 1 unspecified atom stereocenters. The van der Waals surface area contributed by atoms with Crippen LogP contribution in [0.2, 0.25) is 0 Å². The molecule has 0 spiro atoms. The van der Waals surface area contributed by atoms with Crippen molar-refractivity contribution in [3.63, 3.8) is 0 Å². The highest BCUT2D eigenvalue weighted by Crippen LogP contribution is 2.65. The molecule has 1 saturated heterocycles. The molecule has 0 bridgehead atoms. The number of rotatable bonds is 13. The first kappa shape index (κ1) is 37.4. The fourth-order valence-electron chi connectivity index (χ4n) is 7.77. The van der Waals surface area contributed by atoms with E-state index in [0.717, 1.165) is 38.5 Å². The smallest absolute Gasteiger partial charge is 0.434 e. The predicted molar refractivity (Wildman–Crippen MR) is 177 cm³/mol. The summed E-state index contributed by atoms with van der Waals surface area (Å²) in [4.78, 5) is 80.3. The van der Waals surface area contributed by atoms with E-state index in [2.05, 4.69) is 29.8 Å². The van der Waals surface area contributed by atoms with Crippen LogP contribution in [0, 0.1) is 34.5 Å². The van der Waals surface area contributed by atoms with E-state index in [9.17, 15) is 28.8 Å². The first-order chi connectivity index (χ1) is 22.4. The van der Waals surface area contributed by atoms with Crippen LogP contribution < -0.4 is 21.7 Å². The number of nitrogens with two attached hydrogens (primary N) is 1. The van der Waals surface area contributed by atoms with Gasteiger partial charge in [0.25, 0.3) is 5.91 Å². The summed E-state index contributed by atoms with van der Waals surface area (Å²) in [5.41, 5.74) is 3.61. The van der Waals surface area contributed by atoms with Gasteiger partial charge in [0.15, 0.2) is 0 Å². The summed E-state index contributed by atoms with van der Waals surface area (Å²) in [5, 5.41) is 8.73. The zero-order chi connectivity index (χ0) is 35.6. The normalized spacial score (nSPS) is 25.5. The standard InChI is InChI=1S/C35H57N5O8/c1-20(2)18-47-32(46)48-19-35(14-9-8-10-15-35)39-31(45)38-27(33(3,4)5)30(44)40-17-22-24(34(22,6)7)25(40)29(43)37-23(26(41)28(36)42)16-21-12-11-13-21/h20-25,27H,8-19H2,1-7H3,(H2,36,42)(H,37,43)(H2,38,39,45)/t22-,23?,24-,25-,27+/m0/s1. The highest BCUT2D eigenvalue weighted by molar-refractivity contribution is 6.37. The zero-order valence-electron chi connectivity index (χ0n) is 29.8. The molecule has 13 nitrogen and oxygen atoms in total. The summed E-state index contributed by atoms with van der Waals surface area (Å²) >= 11 is 0. The quantitative estimate of drug-likeness (QED) is 0.169. The fraction of sp³-hybridized carbons (Fsp3) is 0.829. The number of likely N-dealkylation sites (tertiary alicyclic amines) is 1. The number of primary amides is 1. The van der Waals surface area contributed by atoms with Gasteiger partial charge in [0.1, 0.15) is 18.7 Å². The van der Waals surface area contributed by atoms with Gasteiger partial charge < -0.3 is 36.1 Å². The van der Waals surface area contributed by atoms with Crippen molar-refractivity contribution in [1.82, 2.24) is 20.9 Å². The van der Waals surface area contributed by atoms with Crippen LogP contribution in [0.4, 0.5) is 9.59 Å². The Morgan fingerprint density at radius 2 is 1.58 bits per heavy atom. The summed E-state index contributed by atoms with van der Waals surface area (Å²) in [6.45, 7) is 14.0. The minimum atomic E-state index is -1.10. The van der Waals surface area contributed by atoms with Crippen molar-refractivity contribution in [3.05, 3.63) is 0 Å². The Morgan fingerprint density at radius 3 is 2.12 bits per heavy atom. The Bertz CT molecular complexity index is 1250. The molecule has 1 aliphatic heterocycles. The molecule has 0 radical (unpaired) electrons. The molecular formula is C35H57N5O8. The molecule has 5 amide bonds. The van der Waals surface area contributed by atoms with Gasteiger partial charge in [0.05, 0.1) is 18.2 Å². The monoisotopic (exact) mass is 675 g/mol. The molecule has 1 heterocycles. The molecule has 0 aromatic rings.